The molecule has 5 aromatic rings. The van der Waals surface area contributed by atoms with E-state index in [1.807, 2.05) is 87.5 Å². The Morgan fingerprint density at radius 3 is 2.52 bits per heavy atom. The lowest BCUT2D eigenvalue weighted by atomic mass is 9.83. The molecule has 7 heteroatoms. The van der Waals surface area contributed by atoms with Crippen LogP contribution in [0.5, 0.6) is 17.2 Å². The molecule has 6 rings (SSSR count). The Bertz CT molecular complexity index is 1910. The van der Waals surface area contributed by atoms with Crippen molar-refractivity contribution >= 4 is 16.9 Å². The van der Waals surface area contributed by atoms with Crippen LogP contribution in [0.1, 0.15) is 49.9 Å². The molecule has 7 nitrogen and oxygen atoms in total. The average molecular weight is 557 g/mol. The van der Waals surface area contributed by atoms with E-state index < -0.39 is 11.9 Å². The van der Waals surface area contributed by atoms with Crippen molar-refractivity contribution in [3.63, 3.8) is 0 Å². The number of benzene rings is 4. The number of nitrogens with zero attached hydrogens (tertiary/aromatic N) is 1. The molecule has 0 bridgehead atoms. The van der Waals surface area contributed by atoms with Crippen molar-refractivity contribution in [2.24, 2.45) is 5.73 Å². The van der Waals surface area contributed by atoms with Crippen molar-refractivity contribution < 1.29 is 23.4 Å². The molecule has 2 heterocycles. The SMILES string of the molecule is Cc1ccc2c(C)c(C(=O)Oc3ccc4c(c3)OC(N)=C(C#N)C4c3cccc(OCc4ccccc4)c3)oc2c1C. The van der Waals surface area contributed by atoms with Gasteiger partial charge in [-0.2, -0.15) is 5.26 Å². The maximum atomic E-state index is 13.2. The molecule has 0 spiro atoms. The number of hydrogen-bond donors (Lipinski definition) is 1. The fraction of sp³-hybridized carbons (Fsp3) is 0.143. The van der Waals surface area contributed by atoms with E-state index in [4.69, 9.17) is 24.4 Å². The molecule has 0 saturated heterocycles. The third-order valence-electron chi connectivity index (χ3n) is 7.65. The summed E-state index contributed by atoms with van der Waals surface area (Å²) in [4.78, 5) is 13.2. The van der Waals surface area contributed by atoms with E-state index >= 15 is 0 Å². The largest absolute Gasteiger partial charge is 0.489 e. The molecule has 1 atom stereocenters. The van der Waals surface area contributed by atoms with Crippen molar-refractivity contribution in [1.82, 2.24) is 0 Å². The number of fused-ring (bicyclic) bond motifs is 2. The van der Waals surface area contributed by atoms with E-state index in [0.29, 0.717) is 34.8 Å². The fourth-order valence-corrected chi connectivity index (χ4v) is 5.23. The van der Waals surface area contributed by atoms with Crippen molar-refractivity contribution in [3.8, 4) is 23.3 Å². The van der Waals surface area contributed by atoms with Crippen molar-refractivity contribution in [2.45, 2.75) is 33.3 Å². The van der Waals surface area contributed by atoms with Crippen LogP contribution in [0.25, 0.3) is 11.0 Å². The molecular formula is C35H28N2O5. The third kappa shape index (κ3) is 4.84. The number of esters is 1. The fourth-order valence-electron chi connectivity index (χ4n) is 5.23. The van der Waals surface area contributed by atoms with E-state index in [1.54, 1.807) is 18.2 Å². The Morgan fingerprint density at radius 2 is 1.74 bits per heavy atom. The van der Waals surface area contributed by atoms with Crippen LogP contribution in [0.2, 0.25) is 0 Å². The topological polar surface area (TPSA) is 108 Å². The van der Waals surface area contributed by atoms with Gasteiger partial charge in [0.1, 0.15) is 41.1 Å². The highest BCUT2D eigenvalue weighted by molar-refractivity contribution is 5.98. The Morgan fingerprint density at radius 1 is 0.929 bits per heavy atom. The standard InChI is InChI=1S/C35H28N2O5/c1-20-12-14-27-22(3)33(42-32(27)21(20)2)35(38)40-26-13-15-28-30(17-26)41-34(37)29(18-36)31(28)24-10-7-11-25(16-24)39-19-23-8-5-4-6-9-23/h4-17,31H,19,37H2,1-3H3. The summed E-state index contributed by atoms with van der Waals surface area (Å²) in [5.74, 6) is 0.355. The Kier molecular flexibility index (Phi) is 6.89. The summed E-state index contributed by atoms with van der Waals surface area (Å²) in [6.07, 6.45) is 0. The van der Waals surface area contributed by atoms with Crippen LogP contribution in [0.15, 0.2) is 101 Å². The molecule has 1 aromatic heterocycles. The monoisotopic (exact) mass is 556 g/mol. The number of rotatable bonds is 6. The molecule has 0 aliphatic carbocycles. The van der Waals surface area contributed by atoms with Crippen LogP contribution in [-0.4, -0.2) is 5.97 Å². The molecule has 42 heavy (non-hydrogen) atoms. The van der Waals surface area contributed by atoms with E-state index in [9.17, 15) is 10.1 Å². The number of furan rings is 1. The van der Waals surface area contributed by atoms with Crippen LogP contribution in [0.3, 0.4) is 0 Å². The Labute approximate surface area is 243 Å². The van der Waals surface area contributed by atoms with Gasteiger partial charge in [0.15, 0.2) is 0 Å². The first-order chi connectivity index (χ1) is 20.3. The molecule has 0 amide bonds. The molecule has 4 aromatic carbocycles. The number of hydrogen-bond acceptors (Lipinski definition) is 7. The molecule has 2 N–H and O–H groups in total. The number of carbonyl (C=O) groups excluding carboxylic acids is 1. The van der Waals surface area contributed by atoms with Gasteiger partial charge in [-0.05, 0) is 61.2 Å². The summed E-state index contributed by atoms with van der Waals surface area (Å²) in [6.45, 7) is 6.21. The predicted molar refractivity (Wildman–Crippen MR) is 158 cm³/mol. The Hall–Kier alpha value is -5.48. The van der Waals surface area contributed by atoms with E-state index in [2.05, 4.69) is 6.07 Å². The third-order valence-corrected chi connectivity index (χ3v) is 7.65. The molecular weight excluding hydrogens is 528 g/mol. The van der Waals surface area contributed by atoms with Crippen LogP contribution in [0, 0.1) is 32.1 Å². The summed E-state index contributed by atoms with van der Waals surface area (Å²) in [6, 6.07) is 28.7. The van der Waals surface area contributed by atoms with Gasteiger partial charge in [-0.3, -0.25) is 0 Å². The molecule has 0 saturated carbocycles. The minimum absolute atomic E-state index is 0.00643. The Balaban J connectivity index is 1.29. The van der Waals surface area contributed by atoms with Gasteiger partial charge in [0, 0.05) is 22.6 Å². The van der Waals surface area contributed by atoms with Crippen LogP contribution in [-0.2, 0) is 6.61 Å². The maximum Gasteiger partial charge on any atom is 0.379 e. The minimum atomic E-state index is -0.613. The number of nitriles is 1. The molecule has 0 fully saturated rings. The second kappa shape index (κ2) is 10.8. The number of nitrogens with two attached hydrogens (primary N) is 1. The number of aryl methyl sites for hydroxylation is 3. The summed E-state index contributed by atoms with van der Waals surface area (Å²) in [7, 11) is 0. The number of ether oxygens (including phenoxy) is 3. The van der Waals surface area contributed by atoms with Crippen LogP contribution >= 0.6 is 0 Å². The summed E-state index contributed by atoms with van der Waals surface area (Å²) < 4.78 is 23.5. The van der Waals surface area contributed by atoms with Gasteiger partial charge in [-0.1, -0.05) is 60.7 Å². The first kappa shape index (κ1) is 26.7. The van der Waals surface area contributed by atoms with Gasteiger partial charge in [0.25, 0.3) is 0 Å². The van der Waals surface area contributed by atoms with Gasteiger partial charge in [0.2, 0.25) is 11.6 Å². The molecule has 0 radical (unpaired) electrons. The zero-order valence-electron chi connectivity index (χ0n) is 23.4. The summed E-state index contributed by atoms with van der Waals surface area (Å²) in [5, 5.41) is 10.9. The highest BCUT2D eigenvalue weighted by Crippen LogP contribution is 2.44. The second-order valence-electron chi connectivity index (χ2n) is 10.3. The number of allylic oxidation sites excluding steroid dienone is 1. The maximum absolute atomic E-state index is 13.2. The number of carbonyl (C=O) groups is 1. The summed E-state index contributed by atoms with van der Waals surface area (Å²) in [5.41, 5.74) is 12.5. The van der Waals surface area contributed by atoms with E-state index in [1.165, 1.54) is 0 Å². The van der Waals surface area contributed by atoms with Crippen LogP contribution < -0.4 is 19.9 Å². The highest BCUT2D eigenvalue weighted by Gasteiger charge is 2.31. The van der Waals surface area contributed by atoms with Gasteiger partial charge >= 0.3 is 5.97 Å². The van der Waals surface area contributed by atoms with Crippen molar-refractivity contribution in [3.05, 3.63) is 136 Å². The van der Waals surface area contributed by atoms with Gasteiger partial charge < -0.3 is 24.4 Å². The minimum Gasteiger partial charge on any atom is -0.489 e. The van der Waals surface area contributed by atoms with Crippen molar-refractivity contribution in [2.75, 3.05) is 0 Å². The van der Waals surface area contributed by atoms with Crippen molar-refractivity contribution in [1.29, 1.82) is 5.26 Å². The van der Waals surface area contributed by atoms with Gasteiger partial charge in [-0.25, -0.2) is 4.79 Å². The lowest BCUT2D eigenvalue weighted by Gasteiger charge is -2.27. The highest BCUT2D eigenvalue weighted by atomic mass is 16.5. The average Bonchev–Trinajstić information content (AvgIpc) is 3.34. The predicted octanol–water partition coefficient (Wildman–Crippen LogP) is 7.37. The molecule has 1 unspecified atom stereocenters. The quantitative estimate of drug-likeness (QED) is 0.172. The van der Waals surface area contributed by atoms with E-state index in [0.717, 1.165) is 27.6 Å². The lowest BCUT2D eigenvalue weighted by Crippen LogP contribution is -2.21. The van der Waals surface area contributed by atoms with Gasteiger partial charge in [0.05, 0.1) is 5.92 Å². The molecule has 1 aliphatic rings. The zero-order valence-corrected chi connectivity index (χ0v) is 23.4. The zero-order chi connectivity index (χ0) is 29.4. The normalized spacial score (nSPS) is 14.2. The summed E-state index contributed by atoms with van der Waals surface area (Å²) >= 11 is 0. The first-order valence-corrected chi connectivity index (χ1v) is 13.5. The first-order valence-electron chi connectivity index (χ1n) is 13.5. The smallest absolute Gasteiger partial charge is 0.379 e. The second-order valence-corrected chi connectivity index (χ2v) is 10.3. The van der Waals surface area contributed by atoms with E-state index in [-0.39, 0.29) is 23.0 Å². The lowest BCUT2D eigenvalue weighted by molar-refractivity contribution is 0.0702. The van der Waals surface area contributed by atoms with Gasteiger partial charge in [-0.15, -0.1) is 0 Å². The molecule has 208 valence electrons. The van der Waals surface area contributed by atoms with Crippen LogP contribution in [0.4, 0.5) is 0 Å². The molecule has 1 aliphatic heterocycles.